The number of fused-ring (bicyclic) bond motifs is 6. The van der Waals surface area contributed by atoms with Crippen LogP contribution in [0.15, 0.2) is 188 Å². The summed E-state index contributed by atoms with van der Waals surface area (Å²) in [7, 11) is 0. The Bertz CT molecular complexity index is 2950. The van der Waals surface area contributed by atoms with Crippen molar-refractivity contribution in [1.29, 1.82) is 0 Å². The Kier molecular flexibility index (Phi) is 8.09. The van der Waals surface area contributed by atoms with Gasteiger partial charge in [0.1, 0.15) is 0 Å². The van der Waals surface area contributed by atoms with E-state index in [2.05, 4.69) is 166 Å². The molecule has 0 N–H and O–H groups in total. The summed E-state index contributed by atoms with van der Waals surface area (Å²) in [5, 5.41) is 0. The van der Waals surface area contributed by atoms with Gasteiger partial charge in [-0.15, -0.1) is 0 Å². The van der Waals surface area contributed by atoms with Crippen molar-refractivity contribution in [3.8, 4) is 102 Å². The van der Waals surface area contributed by atoms with Crippen molar-refractivity contribution in [1.82, 2.24) is 15.0 Å². The van der Waals surface area contributed by atoms with Crippen molar-refractivity contribution >= 4 is 0 Å². The highest BCUT2D eigenvalue weighted by molar-refractivity contribution is 5.89. The van der Waals surface area contributed by atoms with E-state index in [4.69, 9.17) is 24.4 Å². The Hall–Kier alpha value is -7.63. The zero-order valence-electron chi connectivity index (χ0n) is 32.6. The van der Waals surface area contributed by atoms with Crippen molar-refractivity contribution in [3.05, 3.63) is 199 Å². The third-order valence-electron chi connectivity index (χ3n) is 11.6. The van der Waals surface area contributed by atoms with Gasteiger partial charge in [-0.2, -0.15) is 0 Å². The molecule has 0 radical (unpaired) electrons. The third kappa shape index (κ3) is 5.98. The number of hydrogen-bond donors (Lipinski definition) is 0. The van der Waals surface area contributed by atoms with Crippen LogP contribution < -0.4 is 9.47 Å². The van der Waals surface area contributed by atoms with Gasteiger partial charge in [0.2, 0.25) is 0 Å². The first-order valence-electron chi connectivity index (χ1n) is 19.9. The fourth-order valence-electron chi connectivity index (χ4n) is 8.55. The predicted octanol–water partition coefficient (Wildman–Crippen LogP) is 14.1. The van der Waals surface area contributed by atoms with E-state index < -0.39 is 0 Å². The van der Waals surface area contributed by atoms with Crippen LogP contribution in [0.5, 0.6) is 23.0 Å². The molecule has 0 amide bonds. The molecule has 1 aliphatic heterocycles. The fourth-order valence-corrected chi connectivity index (χ4v) is 8.55. The van der Waals surface area contributed by atoms with E-state index in [1.165, 1.54) is 16.7 Å². The lowest BCUT2D eigenvalue weighted by Crippen LogP contribution is -2.15. The standard InChI is InChI=1S/C54H37N3O2/c1-54(2)44-21-10-9-19-43(44)48-45(54)31-32-47-50(48)59-49-42(20-12-22-46(49)58-47)40-17-11-18-41(33-40)53-56-51(38-27-23-36(24-28-38)34-13-5-3-6-14-34)55-52(57-53)39-29-25-37(26-30-39)35-15-7-4-8-16-35/h3-33H,1-2H3. The van der Waals surface area contributed by atoms with Crippen LogP contribution in [-0.4, -0.2) is 15.0 Å². The molecule has 1 aliphatic carbocycles. The molecule has 0 fully saturated rings. The van der Waals surface area contributed by atoms with Crippen LogP contribution in [0.4, 0.5) is 0 Å². The van der Waals surface area contributed by atoms with E-state index in [1.54, 1.807) is 0 Å². The Labute approximate surface area is 343 Å². The molecule has 0 spiro atoms. The van der Waals surface area contributed by atoms with Gasteiger partial charge in [0, 0.05) is 33.2 Å². The third-order valence-corrected chi connectivity index (χ3v) is 11.6. The van der Waals surface area contributed by atoms with E-state index in [-0.39, 0.29) is 5.41 Å². The van der Waals surface area contributed by atoms with Crippen LogP contribution >= 0.6 is 0 Å². The molecule has 280 valence electrons. The highest BCUT2D eigenvalue weighted by Crippen LogP contribution is 2.59. The van der Waals surface area contributed by atoms with E-state index in [0.29, 0.717) is 34.7 Å². The van der Waals surface area contributed by atoms with Gasteiger partial charge in [0.25, 0.3) is 0 Å². The molecular weight excluding hydrogens is 723 g/mol. The number of hydrogen-bond acceptors (Lipinski definition) is 5. The van der Waals surface area contributed by atoms with E-state index in [1.807, 2.05) is 36.4 Å². The average Bonchev–Trinajstić information content (AvgIpc) is 3.54. The lowest BCUT2D eigenvalue weighted by Gasteiger charge is -2.26. The lowest BCUT2D eigenvalue weighted by atomic mass is 9.82. The van der Waals surface area contributed by atoms with Gasteiger partial charge in [-0.25, -0.2) is 15.0 Å². The van der Waals surface area contributed by atoms with Crippen LogP contribution in [0.3, 0.4) is 0 Å². The van der Waals surface area contributed by atoms with E-state index in [0.717, 1.165) is 61.4 Å². The van der Waals surface area contributed by atoms with Crippen molar-refractivity contribution in [3.63, 3.8) is 0 Å². The summed E-state index contributed by atoms with van der Waals surface area (Å²) >= 11 is 0. The lowest BCUT2D eigenvalue weighted by molar-refractivity contribution is 0.361. The smallest absolute Gasteiger partial charge is 0.178 e. The van der Waals surface area contributed by atoms with Crippen molar-refractivity contribution in [2.75, 3.05) is 0 Å². The quantitative estimate of drug-likeness (QED) is 0.169. The highest BCUT2D eigenvalue weighted by atomic mass is 16.6. The van der Waals surface area contributed by atoms with Gasteiger partial charge < -0.3 is 9.47 Å². The SMILES string of the molecule is CC1(C)c2ccccc2-c2c1ccc1c2Oc2c(cccc2-c2cccc(-c3nc(-c4ccc(-c5ccccc5)cc4)nc(-c4ccc(-c5ccccc5)cc4)n3)c2)O1. The Morgan fingerprint density at radius 2 is 0.814 bits per heavy atom. The minimum atomic E-state index is -0.158. The predicted molar refractivity (Wildman–Crippen MR) is 237 cm³/mol. The van der Waals surface area contributed by atoms with Gasteiger partial charge in [-0.3, -0.25) is 0 Å². The van der Waals surface area contributed by atoms with Crippen LogP contribution in [0.1, 0.15) is 25.0 Å². The van der Waals surface area contributed by atoms with E-state index >= 15 is 0 Å². The molecule has 0 atom stereocenters. The first-order chi connectivity index (χ1) is 29.0. The van der Waals surface area contributed by atoms with Crippen LogP contribution in [0, 0.1) is 0 Å². The van der Waals surface area contributed by atoms with Crippen LogP contribution in [-0.2, 0) is 5.41 Å². The van der Waals surface area contributed by atoms with Crippen LogP contribution in [0.2, 0.25) is 0 Å². The van der Waals surface area contributed by atoms with E-state index in [9.17, 15) is 0 Å². The first-order valence-corrected chi connectivity index (χ1v) is 19.9. The van der Waals surface area contributed by atoms with Gasteiger partial charge in [0.05, 0.1) is 0 Å². The second-order valence-corrected chi connectivity index (χ2v) is 15.6. The van der Waals surface area contributed by atoms with Gasteiger partial charge in [-0.05, 0) is 62.7 Å². The second-order valence-electron chi connectivity index (χ2n) is 15.6. The first kappa shape index (κ1) is 34.6. The van der Waals surface area contributed by atoms with Crippen LogP contribution in [0.25, 0.3) is 78.7 Å². The number of benzene rings is 8. The monoisotopic (exact) mass is 759 g/mol. The Morgan fingerprint density at radius 3 is 1.46 bits per heavy atom. The molecule has 0 saturated heterocycles. The normalized spacial score (nSPS) is 13.0. The summed E-state index contributed by atoms with van der Waals surface area (Å²) in [6.45, 7) is 4.55. The summed E-state index contributed by atoms with van der Waals surface area (Å²) in [5.41, 5.74) is 13.8. The van der Waals surface area contributed by atoms with Crippen molar-refractivity contribution < 1.29 is 9.47 Å². The largest absolute Gasteiger partial charge is 0.449 e. The number of nitrogens with zero attached hydrogens (tertiary/aromatic N) is 3. The molecule has 5 heteroatoms. The molecule has 0 saturated carbocycles. The zero-order chi connectivity index (χ0) is 39.5. The molecule has 0 unspecified atom stereocenters. The number of rotatable bonds is 6. The summed E-state index contributed by atoms with van der Waals surface area (Å²) in [6, 6.07) is 64.8. The minimum absolute atomic E-state index is 0.158. The van der Waals surface area contributed by atoms with Crippen molar-refractivity contribution in [2.24, 2.45) is 0 Å². The molecule has 8 aromatic carbocycles. The van der Waals surface area contributed by atoms with Gasteiger partial charge in [-0.1, -0.05) is 184 Å². The summed E-state index contributed by atoms with van der Waals surface area (Å²) in [5.74, 6) is 4.60. The molecule has 1 aromatic heterocycles. The highest BCUT2D eigenvalue weighted by Gasteiger charge is 2.39. The Morgan fingerprint density at radius 1 is 0.339 bits per heavy atom. The van der Waals surface area contributed by atoms with Gasteiger partial charge >= 0.3 is 0 Å². The summed E-state index contributed by atoms with van der Waals surface area (Å²) < 4.78 is 13.6. The van der Waals surface area contributed by atoms with Crippen molar-refractivity contribution in [2.45, 2.75) is 19.3 Å². The second kappa shape index (κ2) is 13.8. The summed E-state index contributed by atoms with van der Waals surface area (Å²) in [6.07, 6.45) is 0. The Balaban J connectivity index is 0.999. The number of ether oxygens (including phenoxy) is 2. The average molecular weight is 760 g/mol. The maximum Gasteiger partial charge on any atom is 0.178 e. The molecular formula is C54H37N3O2. The molecule has 0 bridgehead atoms. The maximum atomic E-state index is 6.97. The minimum Gasteiger partial charge on any atom is -0.449 e. The number of para-hydroxylation sites is 1. The molecule has 2 aliphatic rings. The molecule has 9 aromatic rings. The molecule has 2 heterocycles. The zero-order valence-corrected chi connectivity index (χ0v) is 32.6. The number of aromatic nitrogens is 3. The van der Waals surface area contributed by atoms with Gasteiger partial charge in [0.15, 0.2) is 40.5 Å². The fraction of sp³-hybridized carbons (Fsp3) is 0.0556. The summed E-state index contributed by atoms with van der Waals surface area (Å²) in [4.78, 5) is 15.3. The molecule has 59 heavy (non-hydrogen) atoms. The molecule has 5 nitrogen and oxygen atoms in total. The molecule has 11 rings (SSSR count). The maximum absolute atomic E-state index is 6.97. The topological polar surface area (TPSA) is 57.1 Å².